The summed E-state index contributed by atoms with van der Waals surface area (Å²) in [5, 5.41) is 16.1. The van der Waals surface area contributed by atoms with Crippen molar-refractivity contribution in [1.82, 2.24) is 15.6 Å². The van der Waals surface area contributed by atoms with Crippen LogP contribution in [-0.2, 0) is 24.5 Å². The van der Waals surface area contributed by atoms with Crippen LogP contribution in [0.25, 0.3) is 11.1 Å². The summed E-state index contributed by atoms with van der Waals surface area (Å²) in [7, 11) is 0. The predicted molar refractivity (Wildman–Crippen MR) is 201 cm³/mol. The number of benzene rings is 3. The Labute approximate surface area is 311 Å². The zero-order valence-corrected chi connectivity index (χ0v) is 31.6. The average Bonchev–Trinajstić information content (AvgIpc) is 3.09. The Balaban J connectivity index is 1.31. The van der Waals surface area contributed by atoms with Gasteiger partial charge in [-0.2, -0.15) is 5.26 Å². The number of hydrogen-bond acceptors (Lipinski definition) is 9. The van der Waals surface area contributed by atoms with Gasteiger partial charge in [0.2, 0.25) is 0 Å². The highest BCUT2D eigenvalue weighted by atomic mass is 35.5. The third-order valence-corrected chi connectivity index (χ3v) is 8.64. The molecule has 274 valence electrons. The minimum absolute atomic E-state index is 0.0105. The Kier molecular flexibility index (Phi) is 12.2. The lowest BCUT2D eigenvalue weighted by molar-refractivity contribution is 0.0506. The molecule has 0 spiro atoms. The lowest BCUT2D eigenvalue weighted by atomic mass is 9.93. The lowest BCUT2D eigenvalue weighted by Crippen LogP contribution is -2.42. The van der Waals surface area contributed by atoms with Gasteiger partial charge in [0.05, 0.1) is 10.6 Å². The summed E-state index contributed by atoms with van der Waals surface area (Å²) >= 11 is 6.84. The van der Waals surface area contributed by atoms with E-state index in [1.165, 1.54) is 6.20 Å². The zero-order valence-electron chi connectivity index (χ0n) is 30.9. The van der Waals surface area contributed by atoms with Crippen molar-refractivity contribution in [3.05, 3.63) is 99.8 Å². The van der Waals surface area contributed by atoms with Gasteiger partial charge in [0.15, 0.2) is 11.5 Å². The largest absolute Gasteiger partial charge is 0.488 e. The molecule has 0 saturated carbocycles. The van der Waals surface area contributed by atoms with Gasteiger partial charge in [0, 0.05) is 49.2 Å². The molecule has 1 amide bonds. The zero-order chi connectivity index (χ0) is 37.5. The lowest BCUT2D eigenvalue weighted by Gasteiger charge is -2.27. The molecule has 0 aliphatic carbocycles. The van der Waals surface area contributed by atoms with Crippen molar-refractivity contribution < 1.29 is 28.5 Å². The van der Waals surface area contributed by atoms with Crippen LogP contribution in [0.2, 0.25) is 5.02 Å². The number of alkyl carbamates (subject to hydrolysis) is 1. The van der Waals surface area contributed by atoms with Crippen LogP contribution in [0, 0.1) is 23.7 Å². The van der Waals surface area contributed by atoms with Crippen LogP contribution in [0.15, 0.2) is 67.0 Å². The smallest absolute Gasteiger partial charge is 0.407 e. The van der Waals surface area contributed by atoms with Crippen molar-refractivity contribution in [1.29, 1.82) is 5.26 Å². The number of fused-ring (bicyclic) bond motifs is 1. The summed E-state index contributed by atoms with van der Waals surface area (Å²) in [6.45, 7) is 16.1. The van der Waals surface area contributed by atoms with Gasteiger partial charge in [0.25, 0.3) is 0 Å². The van der Waals surface area contributed by atoms with Gasteiger partial charge in [0.1, 0.15) is 49.1 Å². The second-order valence-corrected chi connectivity index (χ2v) is 15.2. The van der Waals surface area contributed by atoms with E-state index in [-0.39, 0.29) is 24.7 Å². The van der Waals surface area contributed by atoms with Crippen LogP contribution in [-0.4, -0.2) is 42.5 Å². The summed E-state index contributed by atoms with van der Waals surface area (Å²) in [5.41, 5.74) is 5.36. The minimum Gasteiger partial charge on any atom is -0.488 e. The van der Waals surface area contributed by atoms with E-state index in [1.54, 1.807) is 18.3 Å². The molecule has 0 fully saturated rings. The van der Waals surface area contributed by atoms with Crippen molar-refractivity contribution in [2.75, 3.05) is 19.7 Å². The van der Waals surface area contributed by atoms with Gasteiger partial charge in [-0.15, -0.1) is 0 Å². The first-order valence-electron chi connectivity index (χ1n) is 17.3. The number of carbonyl (C=O) groups is 1. The Hall–Kier alpha value is -4.98. The van der Waals surface area contributed by atoms with E-state index in [4.69, 9.17) is 35.3 Å². The van der Waals surface area contributed by atoms with E-state index < -0.39 is 11.7 Å². The van der Waals surface area contributed by atoms with Crippen LogP contribution in [0.3, 0.4) is 0 Å². The van der Waals surface area contributed by atoms with E-state index >= 15 is 0 Å². The Morgan fingerprint density at radius 3 is 2.54 bits per heavy atom. The number of hydrogen-bond donors (Lipinski definition) is 2. The molecule has 52 heavy (non-hydrogen) atoms. The fourth-order valence-electron chi connectivity index (χ4n) is 5.62. The minimum atomic E-state index is -0.570. The molecule has 1 aliphatic heterocycles. The molecule has 11 heteroatoms. The number of carbonyl (C=O) groups excluding carboxylic acids is 1. The first-order chi connectivity index (χ1) is 24.7. The van der Waals surface area contributed by atoms with E-state index in [0.717, 1.165) is 44.9 Å². The normalized spacial score (nSPS) is 13.9. The number of aromatic nitrogens is 1. The van der Waals surface area contributed by atoms with Crippen LogP contribution in [0.1, 0.15) is 69.4 Å². The van der Waals surface area contributed by atoms with Crippen LogP contribution >= 0.6 is 11.6 Å². The molecular formula is C41H47ClN4O6. The van der Waals surface area contributed by atoms with Crippen molar-refractivity contribution >= 4 is 17.7 Å². The molecule has 3 aromatic carbocycles. The molecule has 5 rings (SSSR count). The number of nitriles is 1. The Bertz CT molecular complexity index is 1930. The van der Waals surface area contributed by atoms with Crippen molar-refractivity contribution in [3.63, 3.8) is 0 Å². The molecule has 0 bridgehead atoms. The number of nitrogens with zero attached hydrogens (tertiary/aromatic N) is 2. The van der Waals surface area contributed by atoms with E-state index in [2.05, 4.69) is 48.5 Å². The fraction of sp³-hybridized carbons (Fsp3) is 0.390. The maximum Gasteiger partial charge on any atom is 0.407 e. The van der Waals surface area contributed by atoms with E-state index in [0.29, 0.717) is 48.3 Å². The monoisotopic (exact) mass is 726 g/mol. The Morgan fingerprint density at radius 1 is 0.981 bits per heavy atom. The third-order valence-electron chi connectivity index (χ3n) is 8.35. The number of ether oxygens (including phenoxy) is 5. The van der Waals surface area contributed by atoms with Gasteiger partial charge in [-0.25, -0.2) is 4.79 Å². The van der Waals surface area contributed by atoms with Crippen molar-refractivity contribution in [2.45, 2.75) is 79.9 Å². The summed E-state index contributed by atoms with van der Waals surface area (Å²) in [6, 6.07) is 19.7. The highest BCUT2D eigenvalue weighted by Crippen LogP contribution is 2.38. The van der Waals surface area contributed by atoms with Gasteiger partial charge in [-0.05, 0) is 86.6 Å². The molecule has 1 aromatic heterocycles. The van der Waals surface area contributed by atoms with Gasteiger partial charge in [-0.3, -0.25) is 4.98 Å². The third kappa shape index (κ3) is 10.5. The summed E-state index contributed by atoms with van der Waals surface area (Å²) in [4.78, 5) is 16.4. The molecule has 0 radical (unpaired) electrons. The van der Waals surface area contributed by atoms with Crippen LogP contribution in [0.5, 0.6) is 23.0 Å². The molecule has 1 unspecified atom stereocenters. The van der Waals surface area contributed by atoms with E-state index in [9.17, 15) is 10.1 Å². The second-order valence-electron chi connectivity index (χ2n) is 14.8. The molecule has 10 nitrogen and oxygen atoms in total. The standard InChI is InChI=1S/C41H47ClN4O6/c1-26-21-48-35-12-11-30(15-38(35)51-26)33-10-8-9-31(27(33)2)23-50-37-16-36(49-22-29-13-28(17-43)18-44-19-29)32(14-34(37)42)20-45-24-41(6,7)25-46-39(47)52-40(3,4)5/h8-16,18-19,26,45H,20-25H2,1-7H3,(H,46,47). The van der Waals surface area contributed by atoms with Gasteiger partial charge in [-0.1, -0.05) is 49.7 Å². The van der Waals surface area contributed by atoms with Crippen LogP contribution in [0.4, 0.5) is 4.79 Å². The Morgan fingerprint density at radius 2 is 1.77 bits per heavy atom. The molecule has 2 heterocycles. The number of pyridine rings is 1. The summed E-state index contributed by atoms with van der Waals surface area (Å²) in [5.74, 6) is 2.54. The van der Waals surface area contributed by atoms with Crippen molar-refractivity contribution in [2.24, 2.45) is 5.41 Å². The van der Waals surface area contributed by atoms with E-state index in [1.807, 2.05) is 64.1 Å². The molecule has 2 N–H and O–H groups in total. The second kappa shape index (κ2) is 16.6. The summed E-state index contributed by atoms with van der Waals surface area (Å²) in [6.07, 6.45) is 2.72. The topological polar surface area (TPSA) is 124 Å². The summed E-state index contributed by atoms with van der Waals surface area (Å²) < 4.78 is 29.9. The number of nitrogens with one attached hydrogen (secondary N) is 2. The highest BCUT2D eigenvalue weighted by Gasteiger charge is 2.23. The first-order valence-corrected chi connectivity index (χ1v) is 17.7. The van der Waals surface area contributed by atoms with Crippen LogP contribution < -0.4 is 29.6 Å². The number of rotatable bonds is 13. The highest BCUT2D eigenvalue weighted by molar-refractivity contribution is 6.32. The van der Waals surface area contributed by atoms with Gasteiger partial charge >= 0.3 is 6.09 Å². The number of amides is 1. The molecule has 1 aliphatic rings. The molecular weight excluding hydrogens is 680 g/mol. The van der Waals surface area contributed by atoms with Gasteiger partial charge < -0.3 is 34.3 Å². The first kappa shape index (κ1) is 38.3. The molecule has 0 saturated heterocycles. The predicted octanol–water partition coefficient (Wildman–Crippen LogP) is 8.54. The SMILES string of the molecule is Cc1c(COc2cc(OCc3cncc(C#N)c3)c(CNCC(C)(C)CNC(=O)OC(C)(C)C)cc2Cl)cccc1-c1ccc2c(c1)OC(C)CO2. The maximum atomic E-state index is 12.2. The quantitative estimate of drug-likeness (QED) is 0.140. The average molecular weight is 727 g/mol. The number of halogens is 1. The van der Waals surface area contributed by atoms with Crippen molar-refractivity contribution in [3.8, 4) is 40.2 Å². The maximum absolute atomic E-state index is 12.2. The fourth-order valence-corrected chi connectivity index (χ4v) is 5.87. The molecule has 1 atom stereocenters. The molecule has 4 aromatic rings.